The first kappa shape index (κ1) is 13.5. The van der Waals surface area contributed by atoms with Crippen molar-refractivity contribution in [3.8, 4) is 0 Å². The number of nitrogens with zero attached hydrogens (tertiary/aromatic N) is 1. The van der Waals surface area contributed by atoms with E-state index >= 15 is 0 Å². The molecule has 0 bridgehead atoms. The third kappa shape index (κ3) is 2.95. The molecule has 94 valence electrons. The summed E-state index contributed by atoms with van der Waals surface area (Å²) in [5.41, 5.74) is 5.80. The van der Waals surface area contributed by atoms with Gasteiger partial charge in [-0.2, -0.15) is 0 Å². The van der Waals surface area contributed by atoms with Crippen LogP contribution in [0.15, 0.2) is 0 Å². The van der Waals surface area contributed by atoms with Crippen LogP contribution < -0.4 is 5.73 Å². The molecule has 0 saturated carbocycles. The van der Waals surface area contributed by atoms with Crippen LogP contribution in [0.25, 0.3) is 0 Å². The molecule has 0 spiro atoms. The van der Waals surface area contributed by atoms with Crippen LogP contribution in [0.3, 0.4) is 0 Å². The van der Waals surface area contributed by atoms with Crippen LogP contribution in [-0.4, -0.2) is 42.1 Å². The molecule has 3 atom stereocenters. The van der Waals surface area contributed by atoms with Gasteiger partial charge in [0, 0.05) is 6.54 Å². The van der Waals surface area contributed by atoms with E-state index in [1.54, 1.807) is 0 Å². The number of morpholine rings is 1. The fourth-order valence-electron chi connectivity index (χ4n) is 1.76. The number of carbonyl (C=O) groups excluding carboxylic acids is 1. The monoisotopic (exact) mass is 228 g/mol. The van der Waals surface area contributed by atoms with E-state index in [4.69, 9.17) is 10.5 Å². The smallest absolute Gasteiger partial charge is 0.240 e. The average molecular weight is 228 g/mol. The van der Waals surface area contributed by atoms with Gasteiger partial charge >= 0.3 is 0 Å². The van der Waals surface area contributed by atoms with Gasteiger partial charge in [0.1, 0.15) is 0 Å². The Bertz CT molecular complexity index is 260. The lowest BCUT2D eigenvalue weighted by Gasteiger charge is -2.40. The van der Waals surface area contributed by atoms with Gasteiger partial charge in [-0.25, -0.2) is 0 Å². The minimum Gasteiger partial charge on any atom is -0.375 e. The molecule has 2 unspecified atom stereocenters. The largest absolute Gasteiger partial charge is 0.375 e. The Labute approximate surface area is 98.1 Å². The lowest BCUT2D eigenvalue weighted by molar-refractivity contribution is -0.146. The summed E-state index contributed by atoms with van der Waals surface area (Å²) in [6.07, 6.45) is 0.104. The molecule has 2 N–H and O–H groups in total. The number of hydrogen-bond donors (Lipinski definition) is 1. The lowest BCUT2D eigenvalue weighted by atomic mass is 9.86. The van der Waals surface area contributed by atoms with Crippen LogP contribution >= 0.6 is 0 Å². The van der Waals surface area contributed by atoms with Crippen LogP contribution in [0.1, 0.15) is 34.6 Å². The summed E-state index contributed by atoms with van der Waals surface area (Å²) in [5.74, 6) is 0.0372. The van der Waals surface area contributed by atoms with Gasteiger partial charge in [0.2, 0.25) is 5.91 Å². The first-order chi connectivity index (χ1) is 7.23. The molecule has 1 rings (SSSR count). The zero-order chi connectivity index (χ0) is 12.5. The van der Waals surface area contributed by atoms with Gasteiger partial charge in [-0.15, -0.1) is 0 Å². The number of nitrogens with two attached hydrogens (primary N) is 1. The zero-order valence-electron chi connectivity index (χ0n) is 11.0. The zero-order valence-corrected chi connectivity index (χ0v) is 11.0. The maximum Gasteiger partial charge on any atom is 0.240 e. The van der Waals surface area contributed by atoms with Crippen LogP contribution in [0.5, 0.6) is 0 Å². The second-order valence-corrected chi connectivity index (χ2v) is 5.83. The Morgan fingerprint density at radius 2 is 2.00 bits per heavy atom. The molecule has 1 saturated heterocycles. The number of carbonyl (C=O) groups is 1. The van der Waals surface area contributed by atoms with E-state index < -0.39 is 6.04 Å². The molecular formula is C12H24N2O2. The molecule has 1 fully saturated rings. The summed E-state index contributed by atoms with van der Waals surface area (Å²) < 4.78 is 5.50. The highest BCUT2D eigenvalue weighted by Gasteiger charge is 2.35. The van der Waals surface area contributed by atoms with Crippen LogP contribution in [0, 0.1) is 5.41 Å². The average Bonchev–Trinajstić information content (AvgIpc) is 2.18. The molecule has 1 heterocycles. The van der Waals surface area contributed by atoms with E-state index in [-0.39, 0.29) is 23.5 Å². The predicted molar refractivity (Wildman–Crippen MR) is 64.0 cm³/mol. The molecule has 0 aromatic carbocycles. The fraction of sp³-hybridized carbons (Fsp3) is 0.917. The summed E-state index contributed by atoms with van der Waals surface area (Å²) in [6, 6.07) is -0.322. The minimum atomic E-state index is -0.444. The van der Waals surface area contributed by atoms with E-state index in [1.165, 1.54) is 0 Å². The Kier molecular flexibility index (Phi) is 3.97. The molecular weight excluding hydrogens is 204 g/mol. The number of ether oxygens (including phenoxy) is 1. The van der Waals surface area contributed by atoms with Crippen LogP contribution in [0.2, 0.25) is 0 Å². The van der Waals surface area contributed by atoms with Gasteiger partial charge in [0.25, 0.3) is 0 Å². The van der Waals surface area contributed by atoms with Crippen molar-refractivity contribution in [1.29, 1.82) is 0 Å². The number of rotatable bonds is 1. The van der Waals surface area contributed by atoms with Crippen LogP contribution in [-0.2, 0) is 9.53 Å². The van der Waals surface area contributed by atoms with E-state index in [2.05, 4.69) is 0 Å². The Balaban J connectivity index is 2.72. The summed E-state index contributed by atoms with van der Waals surface area (Å²) >= 11 is 0. The highest BCUT2D eigenvalue weighted by atomic mass is 16.5. The predicted octanol–water partition coefficient (Wildman–Crippen LogP) is 0.996. The molecule has 0 aromatic rings. The number of amides is 1. The Morgan fingerprint density at radius 1 is 1.44 bits per heavy atom. The summed E-state index contributed by atoms with van der Waals surface area (Å²) in [6.45, 7) is 11.2. The molecule has 4 heteroatoms. The molecule has 1 aliphatic heterocycles. The van der Waals surface area contributed by atoms with Gasteiger partial charge in [-0.1, -0.05) is 20.8 Å². The number of hydrogen-bond acceptors (Lipinski definition) is 3. The topological polar surface area (TPSA) is 55.6 Å². The molecule has 4 nitrogen and oxygen atoms in total. The molecule has 0 aliphatic carbocycles. The van der Waals surface area contributed by atoms with Crippen molar-refractivity contribution in [2.45, 2.75) is 52.8 Å². The van der Waals surface area contributed by atoms with Crippen molar-refractivity contribution >= 4 is 5.91 Å². The van der Waals surface area contributed by atoms with Crippen molar-refractivity contribution in [3.63, 3.8) is 0 Å². The minimum absolute atomic E-state index is 0.0372. The normalized spacial score (nSPS) is 29.0. The third-order valence-corrected chi connectivity index (χ3v) is 3.09. The van der Waals surface area contributed by atoms with Crippen LogP contribution in [0.4, 0.5) is 0 Å². The Hall–Kier alpha value is -0.610. The first-order valence-electron chi connectivity index (χ1n) is 5.91. The van der Waals surface area contributed by atoms with Gasteiger partial charge in [0.05, 0.1) is 24.8 Å². The molecule has 0 radical (unpaired) electrons. The maximum atomic E-state index is 12.2. The summed E-state index contributed by atoms with van der Waals surface area (Å²) in [4.78, 5) is 14.1. The fourth-order valence-corrected chi connectivity index (χ4v) is 1.76. The van der Waals surface area contributed by atoms with E-state index in [1.807, 2.05) is 39.5 Å². The summed E-state index contributed by atoms with van der Waals surface area (Å²) in [7, 11) is 0. The van der Waals surface area contributed by atoms with Crippen molar-refractivity contribution in [3.05, 3.63) is 0 Å². The molecule has 1 aliphatic rings. The van der Waals surface area contributed by atoms with Crippen molar-refractivity contribution in [1.82, 2.24) is 4.90 Å². The van der Waals surface area contributed by atoms with Gasteiger partial charge in [-0.05, 0) is 19.3 Å². The second kappa shape index (κ2) is 4.72. The highest BCUT2D eigenvalue weighted by Crippen LogP contribution is 2.21. The van der Waals surface area contributed by atoms with Gasteiger partial charge in [-0.3, -0.25) is 4.79 Å². The molecule has 0 aromatic heterocycles. The van der Waals surface area contributed by atoms with E-state index in [0.29, 0.717) is 13.2 Å². The van der Waals surface area contributed by atoms with E-state index in [0.717, 1.165) is 0 Å². The maximum absolute atomic E-state index is 12.2. The second-order valence-electron chi connectivity index (χ2n) is 5.83. The molecule has 16 heavy (non-hydrogen) atoms. The Morgan fingerprint density at radius 3 is 2.50 bits per heavy atom. The van der Waals surface area contributed by atoms with E-state index in [9.17, 15) is 4.79 Å². The first-order valence-corrected chi connectivity index (χ1v) is 5.91. The van der Waals surface area contributed by atoms with Crippen molar-refractivity contribution in [2.75, 3.05) is 13.2 Å². The SMILES string of the molecule is CC1CN(C(=O)[C@@H](N)C(C)(C)C)C(C)CO1. The van der Waals surface area contributed by atoms with Crippen molar-refractivity contribution < 1.29 is 9.53 Å². The highest BCUT2D eigenvalue weighted by molar-refractivity contribution is 5.82. The van der Waals surface area contributed by atoms with Crippen molar-refractivity contribution in [2.24, 2.45) is 11.1 Å². The lowest BCUT2D eigenvalue weighted by Crippen LogP contribution is -2.57. The standard InChI is InChI=1S/C12H24N2O2/c1-8-7-16-9(2)6-14(8)11(15)10(13)12(3,4)5/h8-10H,6-7,13H2,1-5H3/t8?,9?,10-/m1/s1. The quantitative estimate of drug-likeness (QED) is 0.728. The van der Waals surface area contributed by atoms with Gasteiger partial charge < -0.3 is 15.4 Å². The van der Waals surface area contributed by atoms with Gasteiger partial charge in [0.15, 0.2) is 0 Å². The molecule has 1 amide bonds. The third-order valence-electron chi connectivity index (χ3n) is 3.09. The summed E-state index contributed by atoms with van der Waals surface area (Å²) in [5, 5.41) is 0.